The van der Waals surface area contributed by atoms with Crippen molar-refractivity contribution < 1.29 is 4.79 Å². The smallest absolute Gasteiger partial charge is 0.165 e. The molecule has 0 aliphatic heterocycles. The van der Waals surface area contributed by atoms with Crippen LogP contribution in [0.5, 0.6) is 0 Å². The molecule has 0 heterocycles. The van der Waals surface area contributed by atoms with Crippen molar-refractivity contribution in [3.05, 3.63) is 100 Å². The number of hydrogen-bond acceptors (Lipinski definition) is 2. The number of ketones is 1. The van der Waals surface area contributed by atoms with Gasteiger partial charge in [-0.05, 0) is 36.8 Å². The lowest BCUT2D eigenvalue weighted by atomic mass is 9.97. The zero-order valence-electron chi connectivity index (χ0n) is 14.1. The molecule has 1 N–H and O–H groups in total. The first-order valence-corrected chi connectivity index (χ1v) is 9.08. The Labute approximate surface area is 157 Å². The van der Waals surface area contributed by atoms with Gasteiger partial charge in [0.25, 0.3) is 0 Å². The number of rotatable bonds is 6. The van der Waals surface area contributed by atoms with Crippen molar-refractivity contribution in [2.45, 2.75) is 19.4 Å². The SMILES string of the molecule is Cc1ccc(NC(CC(=O)c2ccccc2)c2ccc(Br)cc2)cc1. The van der Waals surface area contributed by atoms with E-state index in [1.807, 2.05) is 66.7 Å². The molecule has 3 heteroatoms. The molecule has 25 heavy (non-hydrogen) atoms. The van der Waals surface area contributed by atoms with Crippen LogP contribution in [-0.2, 0) is 0 Å². The standard InChI is InChI=1S/C22H20BrNO/c1-16-7-13-20(14-8-16)24-21(17-9-11-19(23)12-10-17)15-22(25)18-5-3-2-4-6-18/h2-14,21,24H,15H2,1H3. The Bertz CT molecular complexity index is 826. The summed E-state index contributed by atoms with van der Waals surface area (Å²) in [7, 11) is 0. The molecule has 0 spiro atoms. The lowest BCUT2D eigenvalue weighted by molar-refractivity contribution is 0.0976. The zero-order chi connectivity index (χ0) is 17.6. The second-order valence-corrected chi connectivity index (χ2v) is 7.02. The highest BCUT2D eigenvalue weighted by atomic mass is 79.9. The maximum atomic E-state index is 12.7. The molecule has 1 atom stereocenters. The molecule has 0 aliphatic rings. The van der Waals surface area contributed by atoms with Crippen LogP contribution in [-0.4, -0.2) is 5.78 Å². The number of halogens is 1. The van der Waals surface area contributed by atoms with Gasteiger partial charge in [0.05, 0.1) is 6.04 Å². The van der Waals surface area contributed by atoms with E-state index in [0.29, 0.717) is 6.42 Å². The summed E-state index contributed by atoms with van der Waals surface area (Å²) >= 11 is 3.47. The highest BCUT2D eigenvalue weighted by Gasteiger charge is 2.17. The molecule has 0 amide bonds. The third kappa shape index (κ3) is 4.80. The molecule has 0 fully saturated rings. The van der Waals surface area contributed by atoms with Crippen molar-refractivity contribution in [3.63, 3.8) is 0 Å². The molecule has 0 aromatic heterocycles. The second kappa shape index (κ2) is 8.13. The van der Waals surface area contributed by atoms with Crippen LogP contribution in [0.3, 0.4) is 0 Å². The lowest BCUT2D eigenvalue weighted by Gasteiger charge is -2.20. The van der Waals surface area contributed by atoms with Crippen LogP contribution >= 0.6 is 15.9 Å². The fourth-order valence-corrected chi connectivity index (χ4v) is 2.99. The first-order chi connectivity index (χ1) is 12.1. The van der Waals surface area contributed by atoms with Crippen LogP contribution in [0.4, 0.5) is 5.69 Å². The van der Waals surface area contributed by atoms with Crippen LogP contribution in [0.2, 0.25) is 0 Å². The number of anilines is 1. The summed E-state index contributed by atoms with van der Waals surface area (Å²) in [6.45, 7) is 2.06. The van der Waals surface area contributed by atoms with E-state index in [0.717, 1.165) is 21.3 Å². The molecular weight excluding hydrogens is 374 g/mol. The maximum absolute atomic E-state index is 12.7. The summed E-state index contributed by atoms with van der Waals surface area (Å²) in [5.41, 5.74) is 4.06. The average Bonchev–Trinajstić information content (AvgIpc) is 2.64. The summed E-state index contributed by atoms with van der Waals surface area (Å²) in [4.78, 5) is 12.7. The summed E-state index contributed by atoms with van der Waals surface area (Å²) < 4.78 is 1.03. The monoisotopic (exact) mass is 393 g/mol. The predicted octanol–water partition coefficient (Wildman–Crippen LogP) is 6.18. The predicted molar refractivity (Wildman–Crippen MR) is 107 cm³/mol. The van der Waals surface area contributed by atoms with E-state index in [1.54, 1.807) is 0 Å². The number of carbonyl (C=O) groups excluding carboxylic acids is 1. The first kappa shape index (κ1) is 17.4. The zero-order valence-corrected chi connectivity index (χ0v) is 15.7. The van der Waals surface area contributed by atoms with Crippen molar-refractivity contribution in [2.24, 2.45) is 0 Å². The van der Waals surface area contributed by atoms with Gasteiger partial charge in [-0.3, -0.25) is 4.79 Å². The number of aryl methyl sites for hydroxylation is 1. The van der Waals surface area contributed by atoms with Crippen molar-refractivity contribution in [2.75, 3.05) is 5.32 Å². The van der Waals surface area contributed by atoms with E-state index in [9.17, 15) is 4.79 Å². The summed E-state index contributed by atoms with van der Waals surface area (Å²) in [5, 5.41) is 3.51. The van der Waals surface area contributed by atoms with Crippen LogP contribution in [0.1, 0.15) is 33.9 Å². The maximum Gasteiger partial charge on any atom is 0.165 e. The molecule has 3 aromatic rings. The van der Waals surface area contributed by atoms with E-state index in [-0.39, 0.29) is 11.8 Å². The third-order valence-electron chi connectivity index (χ3n) is 4.15. The minimum absolute atomic E-state index is 0.0801. The van der Waals surface area contributed by atoms with E-state index in [1.165, 1.54) is 5.56 Å². The Kier molecular flexibility index (Phi) is 5.67. The van der Waals surface area contributed by atoms with Crippen LogP contribution in [0.15, 0.2) is 83.3 Å². The molecule has 126 valence electrons. The Balaban J connectivity index is 1.84. The largest absolute Gasteiger partial charge is 0.378 e. The van der Waals surface area contributed by atoms with Gasteiger partial charge >= 0.3 is 0 Å². The Hall–Kier alpha value is -2.39. The van der Waals surface area contributed by atoms with Crippen molar-refractivity contribution >= 4 is 27.4 Å². The van der Waals surface area contributed by atoms with Crippen LogP contribution < -0.4 is 5.32 Å². The van der Waals surface area contributed by atoms with Crippen molar-refractivity contribution in [3.8, 4) is 0 Å². The highest BCUT2D eigenvalue weighted by Crippen LogP contribution is 2.26. The van der Waals surface area contributed by atoms with Crippen molar-refractivity contribution in [1.82, 2.24) is 0 Å². The normalized spacial score (nSPS) is 11.8. The van der Waals surface area contributed by atoms with Gasteiger partial charge in [0, 0.05) is 22.1 Å². The summed E-state index contributed by atoms with van der Waals surface area (Å²) in [6.07, 6.45) is 0.402. The number of carbonyl (C=O) groups is 1. The van der Waals surface area contributed by atoms with Gasteiger partial charge in [-0.2, -0.15) is 0 Å². The lowest BCUT2D eigenvalue weighted by Crippen LogP contribution is -2.15. The topological polar surface area (TPSA) is 29.1 Å². The molecule has 0 saturated heterocycles. The minimum atomic E-state index is -0.0801. The minimum Gasteiger partial charge on any atom is -0.378 e. The van der Waals surface area contributed by atoms with Crippen LogP contribution in [0, 0.1) is 6.92 Å². The molecule has 0 saturated carbocycles. The Morgan fingerprint density at radius 1 is 0.920 bits per heavy atom. The van der Waals surface area contributed by atoms with Gasteiger partial charge in [-0.15, -0.1) is 0 Å². The number of Topliss-reactive ketones (excluding diaryl/α,β-unsaturated/α-hetero) is 1. The molecule has 1 unspecified atom stereocenters. The Morgan fingerprint density at radius 2 is 1.56 bits per heavy atom. The molecule has 3 aromatic carbocycles. The first-order valence-electron chi connectivity index (χ1n) is 8.29. The Morgan fingerprint density at radius 3 is 2.20 bits per heavy atom. The highest BCUT2D eigenvalue weighted by molar-refractivity contribution is 9.10. The van der Waals surface area contributed by atoms with Gasteiger partial charge in [-0.1, -0.05) is 76.1 Å². The average molecular weight is 394 g/mol. The molecule has 3 rings (SSSR count). The fourth-order valence-electron chi connectivity index (χ4n) is 2.73. The van der Waals surface area contributed by atoms with E-state index < -0.39 is 0 Å². The number of nitrogens with one attached hydrogen (secondary N) is 1. The van der Waals surface area contributed by atoms with Gasteiger partial charge in [-0.25, -0.2) is 0 Å². The summed E-state index contributed by atoms with van der Waals surface area (Å²) in [5.74, 6) is 0.133. The molecule has 2 nitrogen and oxygen atoms in total. The summed E-state index contributed by atoms with van der Waals surface area (Å²) in [6, 6.07) is 25.7. The third-order valence-corrected chi connectivity index (χ3v) is 4.68. The molecule has 0 aliphatic carbocycles. The van der Waals surface area contributed by atoms with Gasteiger partial charge in [0.2, 0.25) is 0 Å². The van der Waals surface area contributed by atoms with Gasteiger partial charge in [0.1, 0.15) is 0 Å². The van der Waals surface area contributed by atoms with Crippen LogP contribution in [0.25, 0.3) is 0 Å². The molecule has 0 bridgehead atoms. The number of hydrogen-bond donors (Lipinski definition) is 1. The van der Waals surface area contributed by atoms with E-state index in [4.69, 9.17) is 0 Å². The van der Waals surface area contributed by atoms with Crippen molar-refractivity contribution in [1.29, 1.82) is 0 Å². The quantitative estimate of drug-likeness (QED) is 0.506. The fraction of sp³-hybridized carbons (Fsp3) is 0.136. The van der Waals surface area contributed by atoms with E-state index >= 15 is 0 Å². The van der Waals surface area contributed by atoms with Gasteiger partial charge in [0.15, 0.2) is 5.78 Å². The number of benzene rings is 3. The second-order valence-electron chi connectivity index (χ2n) is 6.11. The molecular formula is C22H20BrNO. The van der Waals surface area contributed by atoms with Gasteiger partial charge < -0.3 is 5.32 Å². The van der Waals surface area contributed by atoms with E-state index in [2.05, 4.69) is 40.3 Å². The molecule has 0 radical (unpaired) electrons.